The van der Waals surface area contributed by atoms with Gasteiger partial charge in [-0.1, -0.05) is 12.1 Å². The van der Waals surface area contributed by atoms with Crippen LogP contribution >= 0.6 is 0 Å². The molecule has 0 spiro atoms. The first-order valence-corrected chi connectivity index (χ1v) is 5.46. The molecule has 1 aromatic carbocycles. The van der Waals surface area contributed by atoms with Crippen molar-refractivity contribution in [3.05, 3.63) is 54.1 Å². The highest BCUT2D eigenvalue weighted by atomic mass is 19.3. The fourth-order valence-electron chi connectivity index (χ4n) is 1.69. The summed E-state index contributed by atoms with van der Waals surface area (Å²) in [5.41, 5.74) is 4.19. The molecule has 2 rings (SSSR count). The van der Waals surface area contributed by atoms with Crippen molar-refractivity contribution in [1.82, 2.24) is 15.4 Å². The van der Waals surface area contributed by atoms with Crippen molar-refractivity contribution in [2.24, 2.45) is 5.84 Å². The molecule has 19 heavy (non-hydrogen) atoms. The van der Waals surface area contributed by atoms with Gasteiger partial charge < -0.3 is 4.74 Å². The number of nitrogens with zero attached hydrogens (tertiary/aromatic N) is 2. The second kappa shape index (κ2) is 6.17. The second-order valence-corrected chi connectivity index (χ2v) is 3.72. The van der Waals surface area contributed by atoms with Crippen LogP contribution in [0.25, 0.3) is 0 Å². The van der Waals surface area contributed by atoms with E-state index >= 15 is 0 Å². The number of alkyl halides is 2. The zero-order valence-electron chi connectivity index (χ0n) is 9.83. The van der Waals surface area contributed by atoms with Crippen LogP contribution < -0.4 is 16.0 Å². The van der Waals surface area contributed by atoms with Crippen LogP contribution in [-0.4, -0.2) is 16.6 Å². The van der Waals surface area contributed by atoms with E-state index in [4.69, 9.17) is 5.84 Å². The summed E-state index contributed by atoms with van der Waals surface area (Å²) < 4.78 is 28.4. The molecule has 0 radical (unpaired) electrons. The van der Waals surface area contributed by atoms with Crippen molar-refractivity contribution in [2.75, 3.05) is 0 Å². The van der Waals surface area contributed by atoms with Gasteiger partial charge in [-0.3, -0.25) is 5.84 Å². The van der Waals surface area contributed by atoms with Gasteiger partial charge in [-0.15, -0.1) is 0 Å². The molecule has 1 aromatic heterocycles. The van der Waals surface area contributed by atoms with Crippen LogP contribution in [0, 0.1) is 0 Å². The Morgan fingerprint density at radius 1 is 1.05 bits per heavy atom. The summed E-state index contributed by atoms with van der Waals surface area (Å²) in [6, 6.07) is 5.89. The molecule has 0 saturated carbocycles. The first kappa shape index (κ1) is 13.3. The molecule has 2 aromatic rings. The summed E-state index contributed by atoms with van der Waals surface area (Å²) in [7, 11) is 0. The van der Waals surface area contributed by atoms with Crippen molar-refractivity contribution in [3.63, 3.8) is 0 Å². The Morgan fingerprint density at radius 3 is 2.21 bits per heavy atom. The van der Waals surface area contributed by atoms with E-state index in [-0.39, 0.29) is 11.8 Å². The van der Waals surface area contributed by atoms with Gasteiger partial charge in [0.1, 0.15) is 12.1 Å². The van der Waals surface area contributed by atoms with E-state index < -0.39 is 6.61 Å². The molecule has 1 unspecified atom stereocenters. The topological polar surface area (TPSA) is 73.1 Å². The summed E-state index contributed by atoms with van der Waals surface area (Å²) in [5, 5.41) is 0. The summed E-state index contributed by atoms with van der Waals surface area (Å²) >= 11 is 0. The van der Waals surface area contributed by atoms with Gasteiger partial charge in [0.05, 0.1) is 6.04 Å². The van der Waals surface area contributed by atoms with Gasteiger partial charge in [0.15, 0.2) is 0 Å². The standard InChI is InChI=1S/C12H12F2N4O/c13-12(14)19-10-3-1-8(2-4-10)11(18-15)9-5-16-7-17-6-9/h1-7,11-12,18H,15H2. The summed E-state index contributed by atoms with van der Waals surface area (Å²) in [5.74, 6) is 5.59. The average Bonchev–Trinajstić information content (AvgIpc) is 2.42. The number of nitrogens with two attached hydrogens (primary N) is 1. The molecule has 0 aliphatic carbocycles. The molecule has 5 nitrogen and oxygen atoms in total. The fraction of sp³-hybridized carbons (Fsp3) is 0.167. The first-order chi connectivity index (χ1) is 9.20. The molecule has 0 fully saturated rings. The first-order valence-electron chi connectivity index (χ1n) is 5.46. The van der Waals surface area contributed by atoms with Crippen molar-refractivity contribution in [1.29, 1.82) is 0 Å². The van der Waals surface area contributed by atoms with E-state index in [2.05, 4.69) is 20.1 Å². The molecule has 100 valence electrons. The van der Waals surface area contributed by atoms with E-state index in [1.54, 1.807) is 24.5 Å². The number of hydrazine groups is 1. The maximum absolute atomic E-state index is 12.0. The van der Waals surface area contributed by atoms with Crippen molar-refractivity contribution in [3.8, 4) is 5.75 Å². The van der Waals surface area contributed by atoms with Gasteiger partial charge in [0.2, 0.25) is 0 Å². The lowest BCUT2D eigenvalue weighted by Crippen LogP contribution is -2.29. The SMILES string of the molecule is NNC(c1ccc(OC(F)F)cc1)c1cncnc1. The number of nitrogens with one attached hydrogen (secondary N) is 1. The molecule has 0 aliphatic rings. The maximum atomic E-state index is 12.0. The van der Waals surface area contributed by atoms with E-state index in [0.717, 1.165) is 11.1 Å². The number of benzene rings is 1. The van der Waals surface area contributed by atoms with E-state index in [1.807, 2.05) is 0 Å². The highest BCUT2D eigenvalue weighted by Crippen LogP contribution is 2.23. The van der Waals surface area contributed by atoms with Gasteiger partial charge >= 0.3 is 6.61 Å². The van der Waals surface area contributed by atoms with Gasteiger partial charge in [-0.25, -0.2) is 15.4 Å². The lowest BCUT2D eigenvalue weighted by atomic mass is 10.0. The summed E-state index contributed by atoms with van der Waals surface area (Å²) in [6.07, 6.45) is 4.67. The van der Waals surface area contributed by atoms with Gasteiger partial charge in [-0.05, 0) is 17.7 Å². The largest absolute Gasteiger partial charge is 0.435 e. The van der Waals surface area contributed by atoms with Crippen molar-refractivity contribution in [2.45, 2.75) is 12.7 Å². The minimum atomic E-state index is -2.84. The van der Waals surface area contributed by atoms with Gasteiger partial charge in [-0.2, -0.15) is 8.78 Å². The predicted molar refractivity (Wildman–Crippen MR) is 64.3 cm³/mol. The zero-order valence-corrected chi connectivity index (χ0v) is 9.83. The normalized spacial score (nSPS) is 12.4. The molecule has 3 N–H and O–H groups in total. The van der Waals surface area contributed by atoms with Gasteiger partial charge in [0.25, 0.3) is 0 Å². The molecule has 7 heteroatoms. The van der Waals surface area contributed by atoms with Crippen LogP contribution in [0.15, 0.2) is 43.0 Å². The highest BCUT2D eigenvalue weighted by Gasteiger charge is 2.13. The minimum Gasteiger partial charge on any atom is -0.435 e. The third kappa shape index (κ3) is 3.43. The Balaban J connectivity index is 2.20. The number of hydrogen-bond acceptors (Lipinski definition) is 5. The summed E-state index contributed by atoms with van der Waals surface area (Å²) in [4.78, 5) is 7.81. The van der Waals surface area contributed by atoms with Gasteiger partial charge in [0, 0.05) is 18.0 Å². The van der Waals surface area contributed by atoms with Crippen LogP contribution in [0.5, 0.6) is 5.75 Å². The van der Waals surface area contributed by atoms with Crippen LogP contribution in [0.2, 0.25) is 0 Å². The molecule has 0 aliphatic heterocycles. The predicted octanol–water partition coefficient (Wildman–Crippen LogP) is 1.63. The third-order valence-electron chi connectivity index (χ3n) is 2.52. The Labute approximate surface area is 108 Å². The zero-order chi connectivity index (χ0) is 13.7. The molecule has 0 bridgehead atoms. The van der Waals surface area contributed by atoms with E-state index in [1.165, 1.54) is 18.5 Å². The van der Waals surface area contributed by atoms with Crippen LogP contribution in [-0.2, 0) is 0 Å². The number of hydrogen-bond donors (Lipinski definition) is 2. The Kier molecular flexibility index (Phi) is 4.32. The maximum Gasteiger partial charge on any atom is 0.387 e. The number of halogens is 2. The second-order valence-electron chi connectivity index (χ2n) is 3.72. The van der Waals surface area contributed by atoms with E-state index in [9.17, 15) is 8.78 Å². The summed E-state index contributed by atoms with van der Waals surface area (Å²) in [6.45, 7) is -2.84. The molecular formula is C12H12F2N4O. The number of ether oxygens (including phenoxy) is 1. The molecule has 0 saturated heterocycles. The molecule has 1 atom stereocenters. The minimum absolute atomic E-state index is 0.0961. The van der Waals surface area contributed by atoms with Crippen LogP contribution in [0.4, 0.5) is 8.78 Å². The lowest BCUT2D eigenvalue weighted by Gasteiger charge is -2.16. The average molecular weight is 266 g/mol. The highest BCUT2D eigenvalue weighted by molar-refractivity contribution is 5.33. The smallest absolute Gasteiger partial charge is 0.387 e. The number of rotatable bonds is 5. The molecule has 0 amide bonds. The lowest BCUT2D eigenvalue weighted by molar-refractivity contribution is -0.0498. The van der Waals surface area contributed by atoms with Crippen molar-refractivity contribution >= 4 is 0 Å². The van der Waals surface area contributed by atoms with Crippen molar-refractivity contribution < 1.29 is 13.5 Å². The third-order valence-corrected chi connectivity index (χ3v) is 2.52. The Hall–Kier alpha value is -2.12. The van der Waals surface area contributed by atoms with Crippen LogP contribution in [0.3, 0.4) is 0 Å². The monoisotopic (exact) mass is 266 g/mol. The Morgan fingerprint density at radius 2 is 1.68 bits per heavy atom. The fourth-order valence-corrected chi connectivity index (χ4v) is 1.69. The molecular weight excluding hydrogens is 254 g/mol. The Bertz CT molecular complexity index is 507. The van der Waals surface area contributed by atoms with E-state index in [0.29, 0.717) is 0 Å². The number of aromatic nitrogens is 2. The molecule has 1 heterocycles. The quantitative estimate of drug-likeness (QED) is 0.635. The van der Waals surface area contributed by atoms with Crippen LogP contribution in [0.1, 0.15) is 17.2 Å².